The minimum atomic E-state index is -0.126. The molecular weight excluding hydrogens is 328 g/mol. The first-order valence-corrected chi connectivity index (χ1v) is 9.77. The SMILES string of the molecule is CC1CCC2NNC(C(=O)N3CCN(C(=O)c4ccccc4)CC3)C2C1. The van der Waals surface area contributed by atoms with Crippen molar-refractivity contribution in [3.05, 3.63) is 35.9 Å². The number of carbonyl (C=O) groups excluding carboxylic acids is 2. The molecule has 1 aromatic carbocycles. The number of benzene rings is 1. The molecule has 2 saturated heterocycles. The quantitative estimate of drug-likeness (QED) is 0.837. The van der Waals surface area contributed by atoms with Gasteiger partial charge in [0.2, 0.25) is 5.91 Å². The van der Waals surface area contributed by atoms with Crippen LogP contribution in [0.25, 0.3) is 0 Å². The molecule has 0 spiro atoms. The number of nitrogens with zero attached hydrogens (tertiary/aromatic N) is 2. The number of nitrogens with one attached hydrogen (secondary N) is 2. The molecule has 3 aliphatic rings. The van der Waals surface area contributed by atoms with Crippen molar-refractivity contribution in [1.29, 1.82) is 0 Å². The monoisotopic (exact) mass is 356 g/mol. The molecule has 4 unspecified atom stereocenters. The minimum absolute atomic E-state index is 0.0551. The first kappa shape index (κ1) is 17.5. The Kier molecular flexibility index (Phi) is 4.96. The molecule has 0 radical (unpaired) electrons. The van der Waals surface area contributed by atoms with Crippen LogP contribution < -0.4 is 10.9 Å². The summed E-state index contributed by atoms with van der Waals surface area (Å²) in [5, 5.41) is 0. The van der Waals surface area contributed by atoms with Crippen LogP contribution in [0.4, 0.5) is 0 Å². The molecule has 0 aromatic heterocycles. The predicted octanol–water partition coefficient (Wildman–Crippen LogP) is 1.25. The van der Waals surface area contributed by atoms with Crippen LogP contribution in [0.15, 0.2) is 30.3 Å². The van der Waals surface area contributed by atoms with Gasteiger partial charge in [0.05, 0.1) is 0 Å². The van der Waals surface area contributed by atoms with E-state index in [1.807, 2.05) is 40.1 Å². The molecule has 0 bridgehead atoms. The van der Waals surface area contributed by atoms with Gasteiger partial charge in [-0.1, -0.05) is 25.1 Å². The van der Waals surface area contributed by atoms with Gasteiger partial charge in [-0.25, -0.2) is 5.43 Å². The molecule has 6 heteroatoms. The summed E-state index contributed by atoms with van der Waals surface area (Å²) in [6, 6.07) is 9.66. The van der Waals surface area contributed by atoms with Gasteiger partial charge in [0, 0.05) is 43.7 Å². The topological polar surface area (TPSA) is 64.7 Å². The van der Waals surface area contributed by atoms with Gasteiger partial charge >= 0.3 is 0 Å². The zero-order valence-corrected chi connectivity index (χ0v) is 15.4. The van der Waals surface area contributed by atoms with Crippen molar-refractivity contribution in [2.45, 2.75) is 38.3 Å². The first-order chi connectivity index (χ1) is 12.6. The Morgan fingerprint density at radius 3 is 2.38 bits per heavy atom. The molecule has 1 aromatic rings. The van der Waals surface area contributed by atoms with Gasteiger partial charge in [-0.3, -0.25) is 15.0 Å². The van der Waals surface area contributed by atoms with E-state index in [1.54, 1.807) is 0 Å². The van der Waals surface area contributed by atoms with E-state index in [1.165, 1.54) is 6.42 Å². The molecule has 2 aliphatic heterocycles. The van der Waals surface area contributed by atoms with Gasteiger partial charge in [0.15, 0.2) is 0 Å². The van der Waals surface area contributed by atoms with E-state index >= 15 is 0 Å². The smallest absolute Gasteiger partial charge is 0.253 e. The number of rotatable bonds is 2. The number of amides is 2. The van der Waals surface area contributed by atoms with Crippen LogP contribution in [0.5, 0.6) is 0 Å². The average Bonchev–Trinajstić information content (AvgIpc) is 3.10. The Morgan fingerprint density at radius 1 is 0.962 bits per heavy atom. The Morgan fingerprint density at radius 2 is 1.65 bits per heavy atom. The molecular formula is C20H28N4O2. The van der Waals surface area contributed by atoms with Crippen molar-refractivity contribution in [3.63, 3.8) is 0 Å². The van der Waals surface area contributed by atoms with Crippen LogP contribution in [0.1, 0.15) is 36.5 Å². The van der Waals surface area contributed by atoms with Crippen molar-refractivity contribution in [2.75, 3.05) is 26.2 Å². The zero-order valence-electron chi connectivity index (χ0n) is 15.4. The average molecular weight is 356 g/mol. The summed E-state index contributed by atoms with van der Waals surface area (Å²) >= 11 is 0. The fourth-order valence-corrected chi connectivity index (χ4v) is 4.61. The maximum absolute atomic E-state index is 13.0. The number of piperazine rings is 1. The normalized spacial score (nSPS) is 31.6. The van der Waals surface area contributed by atoms with E-state index in [0.29, 0.717) is 49.6 Å². The van der Waals surface area contributed by atoms with Crippen molar-refractivity contribution in [3.8, 4) is 0 Å². The molecule has 3 fully saturated rings. The second-order valence-electron chi connectivity index (χ2n) is 7.94. The third-order valence-electron chi connectivity index (χ3n) is 6.18. The van der Waals surface area contributed by atoms with Crippen molar-refractivity contribution in [2.24, 2.45) is 11.8 Å². The lowest BCUT2D eigenvalue weighted by Crippen LogP contribution is -2.55. The van der Waals surface area contributed by atoms with Gasteiger partial charge in [-0.15, -0.1) is 0 Å². The van der Waals surface area contributed by atoms with Crippen LogP contribution in [0.3, 0.4) is 0 Å². The van der Waals surface area contributed by atoms with Crippen LogP contribution in [-0.2, 0) is 4.79 Å². The lowest BCUT2D eigenvalue weighted by molar-refractivity contribution is -0.136. The Bertz CT molecular complexity index is 657. The number of hydrogen-bond acceptors (Lipinski definition) is 4. The van der Waals surface area contributed by atoms with E-state index in [4.69, 9.17) is 0 Å². The van der Waals surface area contributed by atoms with Gasteiger partial charge in [0.1, 0.15) is 6.04 Å². The highest BCUT2D eigenvalue weighted by Gasteiger charge is 2.44. The van der Waals surface area contributed by atoms with E-state index < -0.39 is 0 Å². The standard InChI is InChI=1S/C20H28N4O2/c1-14-7-8-17-16(13-14)18(22-21-17)20(26)24-11-9-23(10-12-24)19(25)15-5-3-2-4-6-15/h2-6,14,16-18,21-22H,7-13H2,1H3. The second-order valence-corrected chi connectivity index (χ2v) is 7.94. The zero-order chi connectivity index (χ0) is 18.1. The second kappa shape index (κ2) is 7.37. The molecule has 2 heterocycles. The largest absolute Gasteiger partial charge is 0.338 e. The number of fused-ring (bicyclic) bond motifs is 1. The van der Waals surface area contributed by atoms with Gasteiger partial charge in [0.25, 0.3) is 5.91 Å². The lowest BCUT2D eigenvalue weighted by atomic mass is 9.76. The van der Waals surface area contributed by atoms with Crippen molar-refractivity contribution < 1.29 is 9.59 Å². The number of carbonyl (C=O) groups is 2. The van der Waals surface area contributed by atoms with E-state index in [2.05, 4.69) is 17.8 Å². The summed E-state index contributed by atoms with van der Waals surface area (Å²) in [7, 11) is 0. The third-order valence-corrected chi connectivity index (χ3v) is 6.18. The highest BCUT2D eigenvalue weighted by Crippen LogP contribution is 2.34. The molecule has 4 rings (SSSR count). The molecule has 6 nitrogen and oxygen atoms in total. The molecule has 2 amide bonds. The Hall–Kier alpha value is -1.92. The summed E-state index contributed by atoms with van der Waals surface area (Å²) in [4.78, 5) is 29.4. The Balaban J connectivity index is 1.34. The predicted molar refractivity (Wildman–Crippen MR) is 99.3 cm³/mol. The van der Waals surface area contributed by atoms with E-state index in [0.717, 1.165) is 12.8 Å². The molecule has 2 N–H and O–H groups in total. The van der Waals surface area contributed by atoms with Crippen LogP contribution in [-0.4, -0.2) is 59.9 Å². The maximum atomic E-state index is 13.0. The summed E-state index contributed by atoms with van der Waals surface area (Å²) < 4.78 is 0. The molecule has 4 atom stereocenters. The highest BCUT2D eigenvalue weighted by molar-refractivity contribution is 5.94. The molecule has 26 heavy (non-hydrogen) atoms. The first-order valence-electron chi connectivity index (χ1n) is 9.77. The van der Waals surface area contributed by atoms with Gasteiger partial charge in [-0.05, 0) is 37.3 Å². The van der Waals surface area contributed by atoms with Crippen molar-refractivity contribution in [1.82, 2.24) is 20.7 Å². The molecule has 140 valence electrons. The number of hydrazine groups is 1. The van der Waals surface area contributed by atoms with Crippen LogP contribution >= 0.6 is 0 Å². The lowest BCUT2D eigenvalue weighted by Gasteiger charge is -2.37. The van der Waals surface area contributed by atoms with Crippen LogP contribution in [0, 0.1) is 11.8 Å². The number of hydrogen-bond donors (Lipinski definition) is 2. The summed E-state index contributed by atoms with van der Waals surface area (Å²) in [5.41, 5.74) is 7.31. The summed E-state index contributed by atoms with van der Waals surface area (Å²) in [6.07, 6.45) is 3.48. The maximum Gasteiger partial charge on any atom is 0.253 e. The minimum Gasteiger partial charge on any atom is -0.338 e. The fraction of sp³-hybridized carbons (Fsp3) is 0.600. The molecule has 1 aliphatic carbocycles. The van der Waals surface area contributed by atoms with Crippen LogP contribution in [0.2, 0.25) is 0 Å². The van der Waals surface area contributed by atoms with Gasteiger partial charge < -0.3 is 9.80 Å². The summed E-state index contributed by atoms with van der Waals surface area (Å²) in [6.45, 7) is 4.71. The summed E-state index contributed by atoms with van der Waals surface area (Å²) in [5.74, 6) is 1.31. The highest BCUT2D eigenvalue weighted by atomic mass is 16.2. The van der Waals surface area contributed by atoms with Gasteiger partial charge in [-0.2, -0.15) is 0 Å². The van der Waals surface area contributed by atoms with E-state index in [9.17, 15) is 9.59 Å². The molecule has 1 saturated carbocycles. The fourth-order valence-electron chi connectivity index (χ4n) is 4.61. The van der Waals surface area contributed by atoms with E-state index in [-0.39, 0.29) is 17.9 Å². The Labute approximate surface area is 154 Å². The third kappa shape index (κ3) is 3.35. The van der Waals surface area contributed by atoms with Crippen molar-refractivity contribution >= 4 is 11.8 Å².